The second-order valence-corrected chi connectivity index (χ2v) is 6.35. The monoisotopic (exact) mass is 257 g/mol. The van der Waals surface area contributed by atoms with Crippen molar-refractivity contribution in [2.75, 3.05) is 6.54 Å². The zero-order valence-electron chi connectivity index (χ0n) is 12.5. The Morgan fingerprint density at radius 3 is 2.06 bits per heavy atom. The Bertz CT molecular complexity index is 310. The molecule has 1 unspecified atom stereocenters. The number of hydrogen-bond acceptors (Lipinski definition) is 2. The van der Waals surface area contributed by atoms with E-state index in [-0.39, 0.29) is 23.7 Å². The summed E-state index contributed by atoms with van der Waals surface area (Å²) in [5.41, 5.74) is -0.951. The first kappa shape index (κ1) is 16.9. The van der Waals surface area contributed by atoms with E-state index in [1.165, 1.54) is 0 Å². The summed E-state index contributed by atoms with van der Waals surface area (Å²) in [6.07, 6.45) is 0.994. The largest absolute Gasteiger partial charge is 0.481 e. The summed E-state index contributed by atoms with van der Waals surface area (Å²) in [6.45, 7) is 12.1. The van der Waals surface area contributed by atoms with Gasteiger partial charge in [-0.3, -0.25) is 9.59 Å². The van der Waals surface area contributed by atoms with Crippen molar-refractivity contribution in [3.63, 3.8) is 0 Å². The number of hydrogen-bond donors (Lipinski definition) is 2. The van der Waals surface area contributed by atoms with Crippen LogP contribution in [0.5, 0.6) is 0 Å². The predicted molar refractivity (Wildman–Crippen MR) is 72.3 cm³/mol. The standard InChI is InChI=1S/C14H27NO3/c1-7-13(4,5)9-15-11(16)8-14(6,10(2)3)12(17)18/h10H,7-9H2,1-6H3,(H,15,16)(H,17,18). The van der Waals surface area contributed by atoms with Gasteiger partial charge >= 0.3 is 5.97 Å². The maximum Gasteiger partial charge on any atom is 0.310 e. The number of amides is 1. The number of rotatable bonds is 7. The molecule has 2 N–H and O–H groups in total. The van der Waals surface area contributed by atoms with Crippen LogP contribution in [0.4, 0.5) is 0 Å². The third-order valence-corrected chi connectivity index (χ3v) is 4.01. The third kappa shape index (κ3) is 4.67. The molecular formula is C14H27NO3. The lowest BCUT2D eigenvalue weighted by atomic mass is 9.76. The van der Waals surface area contributed by atoms with Gasteiger partial charge in [0.1, 0.15) is 0 Å². The highest BCUT2D eigenvalue weighted by Crippen LogP contribution is 2.31. The van der Waals surface area contributed by atoms with Crippen LogP contribution in [-0.4, -0.2) is 23.5 Å². The van der Waals surface area contributed by atoms with Crippen LogP contribution in [0, 0.1) is 16.7 Å². The average molecular weight is 257 g/mol. The minimum Gasteiger partial charge on any atom is -0.481 e. The van der Waals surface area contributed by atoms with Gasteiger partial charge in [-0.15, -0.1) is 0 Å². The van der Waals surface area contributed by atoms with Crippen molar-refractivity contribution in [3.8, 4) is 0 Å². The molecule has 18 heavy (non-hydrogen) atoms. The minimum absolute atomic E-state index is 0.0276. The Balaban J connectivity index is 4.51. The Morgan fingerprint density at radius 2 is 1.72 bits per heavy atom. The molecule has 1 atom stereocenters. The lowest BCUT2D eigenvalue weighted by Crippen LogP contribution is -2.41. The minimum atomic E-state index is -1.000. The van der Waals surface area contributed by atoms with Crippen molar-refractivity contribution in [2.45, 2.75) is 54.4 Å². The van der Waals surface area contributed by atoms with Gasteiger partial charge in [-0.1, -0.05) is 34.6 Å². The fraction of sp³-hybridized carbons (Fsp3) is 0.857. The van der Waals surface area contributed by atoms with Gasteiger partial charge in [0.25, 0.3) is 0 Å². The first-order chi connectivity index (χ1) is 8.05. The van der Waals surface area contributed by atoms with Crippen LogP contribution in [0.2, 0.25) is 0 Å². The van der Waals surface area contributed by atoms with E-state index in [0.717, 1.165) is 6.42 Å². The van der Waals surface area contributed by atoms with Crippen molar-refractivity contribution in [3.05, 3.63) is 0 Å². The number of nitrogens with one attached hydrogen (secondary N) is 1. The highest BCUT2D eigenvalue weighted by molar-refractivity contribution is 5.84. The van der Waals surface area contributed by atoms with E-state index in [9.17, 15) is 14.7 Å². The molecule has 0 aliphatic rings. The van der Waals surface area contributed by atoms with E-state index in [4.69, 9.17) is 0 Å². The Labute approximate surface area is 110 Å². The van der Waals surface area contributed by atoms with Crippen LogP contribution in [0.15, 0.2) is 0 Å². The molecule has 0 saturated carbocycles. The van der Waals surface area contributed by atoms with Crippen molar-refractivity contribution < 1.29 is 14.7 Å². The maximum atomic E-state index is 11.9. The van der Waals surface area contributed by atoms with Crippen LogP contribution in [0.1, 0.15) is 54.4 Å². The van der Waals surface area contributed by atoms with E-state index in [0.29, 0.717) is 6.54 Å². The van der Waals surface area contributed by atoms with Crippen molar-refractivity contribution in [1.29, 1.82) is 0 Å². The molecule has 4 heteroatoms. The van der Waals surface area contributed by atoms with Crippen LogP contribution >= 0.6 is 0 Å². The lowest BCUT2D eigenvalue weighted by molar-refractivity contribution is -0.153. The van der Waals surface area contributed by atoms with E-state index in [1.54, 1.807) is 6.92 Å². The van der Waals surface area contributed by atoms with Crippen molar-refractivity contribution >= 4 is 11.9 Å². The smallest absolute Gasteiger partial charge is 0.310 e. The average Bonchev–Trinajstić information content (AvgIpc) is 2.26. The van der Waals surface area contributed by atoms with Gasteiger partial charge in [0.15, 0.2) is 0 Å². The SMILES string of the molecule is CCC(C)(C)CNC(=O)CC(C)(C(=O)O)C(C)C. The van der Waals surface area contributed by atoms with Gasteiger partial charge in [-0.25, -0.2) is 0 Å². The first-order valence-electron chi connectivity index (χ1n) is 6.55. The normalized spacial score (nSPS) is 15.3. The molecule has 0 aliphatic carbocycles. The number of aliphatic carboxylic acids is 1. The maximum absolute atomic E-state index is 11.9. The second-order valence-electron chi connectivity index (χ2n) is 6.35. The summed E-state index contributed by atoms with van der Waals surface area (Å²) < 4.78 is 0. The van der Waals surface area contributed by atoms with Crippen LogP contribution in [0.3, 0.4) is 0 Å². The fourth-order valence-corrected chi connectivity index (χ4v) is 1.39. The van der Waals surface area contributed by atoms with Gasteiger partial charge in [-0.2, -0.15) is 0 Å². The molecule has 0 heterocycles. The zero-order valence-corrected chi connectivity index (χ0v) is 12.5. The van der Waals surface area contributed by atoms with E-state index in [1.807, 2.05) is 13.8 Å². The molecule has 4 nitrogen and oxygen atoms in total. The molecule has 0 aromatic rings. The van der Waals surface area contributed by atoms with Crippen LogP contribution < -0.4 is 5.32 Å². The number of carboxylic acid groups (broad SMARTS) is 1. The molecule has 0 spiro atoms. The summed E-state index contributed by atoms with van der Waals surface area (Å²) >= 11 is 0. The van der Waals surface area contributed by atoms with Crippen molar-refractivity contribution in [1.82, 2.24) is 5.32 Å². The molecule has 1 amide bonds. The van der Waals surface area contributed by atoms with Crippen LogP contribution in [0.25, 0.3) is 0 Å². The van der Waals surface area contributed by atoms with Gasteiger partial charge in [-0.05, 0) is 24.7 Å². The van der Waals surface area contributed by atoms with Crippen LogP contribution in [-0.2, 0) is 9.59 Å². The Morgan fingerprint density at radius 1 is 1.22 bits per heavy atom. The summed E-state index contributed by atoms with van der Waals surface area (Å²) in [4.78, 5) is 23.1. The molecular weight excluding hydrogens is 230 g/mol. The first-order valence-corrected chi connectivity index (χ1v) is 6.55. The summed E-state index contributed by atoms with van der Waals surface area (Å²) in [5, 5.41) is 12.1. The molecule has 0 aromatic carbocycles. The zero-order chi connectivity index (χ0) is 14.6. The summed E-state index contributed by atoms with van der Waals surface area (Å²) in [6, 6.07) is 0. The number of carbonyl (C=O) groups excluding carboxylic acids is 1. The molecule has 0 saturated heterocycles. The number of carbonyl (C=O) groups is 2. The Hall–Kier alpha value is -1.06. The highest BCUT2D eigenvalue weighted by atomic mass is 16.4. The summed E-state index contributed by atoms with van der Waals surface area (Å²) in [5.74, 6) is -1.18. The van der Waals surface area contributed by atoms with E-state index >= 15 is 0 Å². The molecule has 0 aromatic heterocycles. The topological polar surface area (TPSA) is 66.4 Å². The van der Waals surface area contributed by atoms with Gasteiger partial charge < -0.3 is 10.4 Å². The predicted octanol–water partition coefficient (Wildman–Crippen LogP) is 2.68. The molecule has 0 fully saturated rings. The molecule has 106 valence electrons. The van der Waals surface area contributed by atoms with Crippen molar-refractivity contribution in [2.24, 2.45) is 16.7 Å². The van der Waals surface area contributed by atoms with E-state index < -0.39 is 11.4 Å². The van der Waals surface area contributed by atoms with Gasteiger partial charge in [0.05, 0.1) is 5.41 Å². The molecule has 0 rings (SSSR count). The lowest BCUT2D eigenvalue weighted by Gasteiger charge is -2.29. The van der Waals surface area contributed by atoms with Gasteiger partial charge in [0, 0.05) is 13.0 Å². The fourth-order valence-electron chi connectivity index (χ4n) is 1.39. The highest BCUT2D eigenvalue weighted by Gasteiger charge is 2.38. The Kier molecular flexibility index (Phi) is 5.84. The second kappa shape index (κ2) is 6.21. The number of carboxylic acids is 1. The van der Waals surface area contributed by atoms with E-state index in [2.05, 4.69) is 26.1 Å². The third-order valence-electron chi connectivity index (χ3n) is 4.01. The molecule has 0 radical (unpaired) electrons. The molecule has 0 bridgehead atoms. The summed E-state index contributed by atoms with van der Waals surface area (Å²) in [7, 11) is 0. The molecule has 0 aliphatic heterocycles. The van der Waals surface area contributed by atoms with Gasteiger partial charge in [0.2, 0.25) is 5.91 Å². The quantitative estimate of drug-likeness (QED) is 0.737.